The van der Waals surface area contributed by atoms with Crippen LogP contribution in [0.5, 0.6) is 11.5 Å². The standard InChI is InChI=1S/C28H36ClN3O2/c1-17(2)12-20-16-30-25-11-6-18(19-14-24(29)28(33)26(15-19)34-5)13-23(25)27(20)31-21-7-9-22(10-8-21)32(3)4/h6,11,13-17,21-22,33H,7-10,12H2,1-5H3,(H,30,31)/t21-,22-. The second-order valence-corrected chi connectivity index (χ2v) is 10.5. The molecule has 3 aromatic rings. The van der Waals surface area contributed by atoms with Gasteiger partial charge >= 0.3 is 0 Å². The SMILES string of the molecule is COc1cc(-c2ccc3ncc(CC(C)C)c(N[C@H]4CC[C@H](N(C)C)CC4)c3c2)cc(Cl)c1O. The summed E-state index contributed by atoms with van der Waals surface area (Å²) >= 11 is 6.28. The molecule has 1 aromatic heterocycles. The molecule has 34 heavy (non-hydrogen) atoms. The summed E-state index contributed by atoms with van der Waals surface area (Å²) < 4.78 is 5.33. The van der Waals surface area contributed by atoms with E-state index in [2.05, 4.69) is 50.3 Å². The summed E-state index contributed by atoms with van der Waals surface area (Å²) in [4.78, 5) is 7.14. The first kappa shape index (κ1) is 24.6. The van der Waals surface area contributed by atoms with Crippen molar-refractivity contribution in [2.75, 3.05) is 26.5 Å². The number of methoxy groups -OCH3 is 1. The number of nitrogens with zero attached hydrogens (tertiary/aromatic N) is 2. The average molecular weight is 482 g/mol. The lowest BCUT2D eigenvalue weighted by molar-refractivity contribution is 0.221. The zero-order chi connectivity index (χ0) is 24.4. The van der Waals surface area contributed by atoms with Crippen LogP contribution in [0.1, 0.15) is 45.1 Å². The molecule has 1 heterocycles. The number of anilines is 1. The van der Waals surface area contributed by atoms with Crippen molar-refractivity contribution < 1.29 is 9.84 Å². The Labute approximate surface area is 208 Å². The molecular formula is C28H36ClN3O2. The number of hydrogen-bond donors (Lipinski definition) is 2. The monoisotopic (exact) mass is 481 g/mol. The fourth-order valence-corrected chi connectivity index (χ4v) is 5.23. The van der Waals surface area contributed by atoms with Crippen molar-refractivity contribution in [1.82, 2.24) is 9.88 Å². The molecular weight excluding hydrogens is 446 g/mol. The van der Waals surface area contributed by atoms with Gasteiger partial charge in [0.15, 0.2) is 11.5 Å². The van der Waals surface area contributed by atoms with Crippen LogP contribution in [0.25, 0.3) is 22.0 Å². The minimum atomic E-state index is -0.0368. The first-order valence-corrected chi connectivity index (χ1v) is 12.6. The Morgan fingerprint density at radius 3 is 2.50 bits per heavy atom. The third-order valence-corrected chi connectivity index (χ3v) is 7.22. The van der Waals surface area contributed by atoms with E-state index in [9.17, 15) is 5.11 Å². The second-order valence-electron chi connectivity index (χ2n) is 10.1. The van der Waals surface area contributed by atoms with Gasteiger partial charge < -0.3 is 20.1 Å². The van der Waals surface area contributed by atoms with Crippen molar-refractivity contribution in [1.29, 1.82) is 0 Å². The summed E-state index contributed by atoms with van der Waals surface area (Å²) in [6.45, 7) is 4.49. The van der Waals surface area contributed by atoms with Crippen LogP contribution in [-0.2, 0) is 6.42 Å². The van der Waals surface area contributed by atoms with Crippen LogP contribution in [0.2, 0.25) is 5.02 Å². The topological polar surface area (TPSA) is 57.6 Å². The molecule has 0 spiro atoms. The van der Waals surface area contributed by atoms with E-state index >= 15 is 0 Å². The molecule has 0 aliphatic heterocycles. The van der Waals surface area contributed by atoms with Crippen molar-refractivity contribution in [3.05, 3.63) is 47.1 Å². The zero-order valence-electron chi connectivity index (χ0n) is 20.9. The van der Waals surface area contributed by atoms with Crippen molar-refractivity contribution in [3.63, 3.8) is 0 Å². The van der Waals surface area contributed by atoms with E-state index in [1.165, 1.54) is 31.2 Å². The fourth-order valence-electron chi connectivity index (χ4n) is 5.02. The van der Waals surface area contributed by atoms with Gasteiger partial charge in [-0.05, 0) is 93.1 Å². The first-order valence-electron chi connectivity index (χ1n) is 12.2. The molecule has 1 aliphatic rings. The maximum absolute atomic E-state index is 10.2. The minimum absolute atomic E-state index is 0.0368. The number of aromatic nitrogens is 1. The van der Waals surface area contributed by atoms with E-state index in [1.54, 1.807) is 6.07 Å². The molecule has 1 saturated carbocycles. The largest absolute Gasteiger partial charge is 0.503 e. The summed E-state index contributed by atoms with van der Waals surface area (Å²) in [5.41, 5.74) is 5.34. The normalized spacial score (nSPS) is 18.6. The number of phenols is 1. The third-order valence-electron chi connectivity index (χ3n) is 6.93. The molecule has 2 aromatic carbocycles. The summed E-state index contributed by atoms with van der Waals surface area (Å²) in [6.07, 6.45) is 7.77. The van der Waals surface area contributed by atoms with E-state index in [-0.39, 0.29) is 10.8 Å². The lowest BCUT2D eigenvalue weighted by Crippen LogP contribution is -2.36. The number of ether oxygens (including phenoxy) is 1. The van der Waals surface area contributed by atoms with Gasteiger partial charge in [0.2, 0.25) is 0 Å². The van der Waals surface area contributed by atoms with Crippen molar-refractivity contribution in [3.8, 4) is 22.6 Å². The van der Waals surface area contributed by atoms with Gasteiger partial charge in [0.1, 0.15) is 0 Å². The molecule has 5 nitrogen and oxygen atoms in total. The number of nitrogens with one attached hydrogen (secondary N) is 1. The van der Waals surface area contributed by atoms with E-state index in [4.69, 9.17) is 21.3 Å². The number of phenolic OH excluding ortho intramolecular Hbond substituents is 1. The number of aromatic hydroxyl groups is 1. The molecule has 4 rings (SSSR count). The van der Waals surface area contributed by atoms with Gasteiger partial charge in [-0.25, -0.2) is 0 Å². The highest BCUT2D eigenvalue weighted by atomic mass is 35.5. The number of hydrogen-bond acceptors (Lipinski definition) is 5. The lowest BCUT2D eigenvalue weighted by atomic mass is 9.89. The number of halogens is 1. The number of rotatable bonds is 7. The molecule has 0 atom stereocenters. The van der Waals surface area contributed by atoms with Gasteiger partial charge in [-0.2, -0.15) is 0 Å². The zero-order valence-corrected chi connectivity index (χ0v) is 21.6. The second kappa shape index (κ2) is 10.4. The maximum atomic E-state index is 10.2. The Balaban J connectivity index is 1.75. The van der Waals surface area contributed by atoms with Crippen LogP contribution in [-0.4, -0.2) is 48.3 Å². The molecule has 1 aliphatic carbocycles. The van der Waals surface area contributed by atoms with Gasteiger partial charge in [0, 0.05) is 29.4 Å². The van der Waals surface area contributed by atoms with Crippen molar-refractivity contribution in [2.24, 2.45) is 5.92 Å². The highest BCUT2D eigenvalue weighted by Gasteiger charge is 2.24. The van der Waals surface area contributed by atoms with Gasteiger partial charge in [-0.1, -0.05) is 31.5 Å². The maximum Gasteiger partial charge on any atom is 0.176 e. The highest BCUT2D eigenvalue weighted by Crippen LogP contribution is 2.40. The van der Waals surface area contributed by atoms with Crippen LogP contribution in [0.15, 0.2) is 36.5 Å². The summed E-state index contributed by atoms with van der Waals surface area (Å²) in [5, 5.41) is 15.5. The van der Waals surface area contributed by atoms with Gasteiger partial charge in [-0.15, -0.1) is 0 Å². The molecule has 0 unspecified atom stereocenters. The molecule has 0 bridgehead atoms. The number of pyridine rings is 1. The predicted molar refractivity (Wildman–Crippen MR) is 142 cm³/mol. The van der Waals surface area contributed by atoms with Crippen LogP contribution < -0.4 is 10.1 Å². The molecule has 2 N–H and O–H groups in total. The highest BCUT2D eigenvalue weighted by molar-refractivity contribution is 6.32. The summed E-state index contributed by atoms with van der Waals surface area (Å²) in [6, 6.07) is 11.0. The van der Waals surface area contributed by atoms with E-state index in [0.717, 1.165) is 41.3 Å². The van der Waals surface area contributed by atoms with E-state index < -0.39 is 0 Å². The molecule has 0 saturated heterocycles. The Bertz CT molecular complexity index is 1150. The Morgan fingerprint density at radius 2 is 1.85 bits per heavy atom. The van der Waals surface area contributed by atoms with Crippen molar-refractivity contribution in [2.45, 2.75) is 58.0 Å². The fraction of sp³-hybridized carbons (Fsp3) is 0.464. The Morgan fingerprint density at radius 1 is 1.12 bits per heavy atom. The van der Waals surface area contributed by atoms with Crippen LogP contribution in [0.4, 0.5) is 5.69 Å². The smallest absolute Gasteiger partial charge is 0.176 e. The third kappa shape index (κ3) is 5.26. The molecule has 0 amide bonds. The van der Waals surface area contributed by atoms with Crippen LogP contribution >= 0.6 is 11.6 Å². The van der Waals surface area contributed by atoms with E-state index in [1.807, 2.05) is 18.3 Å². The number of fused-ring (bicyclic) bond motifs is 1. The molecule has 1 fully saturated rings. The Hall–Kier alpha value is -2.50. The van der Waals surface area contributed by atoms with Gasteiger partial charge in [0.25, 0.3) is 0 Å². The van der Waals surface area contributed by atoms with Gasteiger partial charge in [0.05, 0.1) is 17.6 Å². The minimum Gasteiger partial charge on any atom is -0.503 e. The van der Waals surface area contributed by atoms with Gasteiger partial charge in [-0.3, -0.25) is 4.98 Å². The molecule has 0 radical (unpaired) electrons. The Kier molecular flexibility index (Phi) is 7.54. The van der Waals surface area contributed by atoms with Crippen LogP contribution in [0, 0.1) is 5.92 Å². The summed E-state index contributed by atoms with van der Waals surface area (Å²) in [7, 11) is 5.90. The van der Waals surface area contributed by atoms with Crippen molar-refractivity contribution >= 4 is 28.2 Å². The molecule has 182 valence electrons. The summed E-state index contributed by atoms with van der Waals surface area (Å²) in [5.74, 6) is 0.864. The lowest BCUT2D eigenvalue weighted by Gasteiger charge is -2.34. The quantitative estimate of drug-likeness (QED) is 0.390. The average Bonchev–Trinajstić information content (AvgIpc) is 2.82. The number of benzene rings is 2. The first-order chi connectivity index (χ1) is 16.3. The van der Waals surface area contributed by atoms with E-state index in [0.29, 0.717) is 23.8 Å². The molecule has 6 heteroatoms. The predicted octanol–water partition coefficient (Wildman–Crippen LogP) is 6.75. The van der Waals surface area contributed by atoms with Crippen LogP contribution in [0.3, 0.4) is 0 Å².